The van der Waals surface area contributed by atoms with Crippen molar-refractivity contribution in [2.24, 2.45) is 4.99 Å². The van der Waals surface area contributed by atoms with Crippen LogP contribution in [0.3, 0.4) is 0 Å². The molecule has 1 unspecified atom stereocenters. The summed E-state index contributed by atoms with van der Waals surface area (Å²) in [6.45, 7) is 5.32. The van der Waals surface area contributed by atoms with E-state index in [4.69, 9.17) is 14.2 Å². The van der Waals surface area contributed by atoms with Crippen LogP contribution in [0.1, 0.15) is 31.9 Å². The number of aliphatic imine (C=N–C) groups is 1. The van der Waals surface area contributed by atoms with E-state index in [1.807, 2.05) is 16.4 Å². The molecule has 4 rings (SSSR count). The molecule has 36 heavy (non-hydrogen) atoms. The van der Waals surface area contributed by atoms with Gasteiger partial charge in [-0.05, 0) is 30.5 Å². The molecule has 3 heterocycles. The monoisotopic (exact) mass is 514 g/mol. The lowest BCUT2D eigenvalue weighted by molar-refractivity contribution is -0.138. The number of esters is 1. The van der Waals surface area contributed by atoms with Gasteiger partial charge in [0.15, 0.2) is 5.17 Å². The Morgan fingerprint density at radius 3 is 2.36 bits per heavy atom. The number of rotatable bonds is 6. The number of carbonyl (C=O) groups excluding carboxylic acids is 3. The molecule has 2 amide bonds. The van der Waals surface area contributed by atoms with Crippen LogP contribution >= 0.6 is 11.8 Å². The number of thioether (sulfide) groups is 1. The number of amides is 2. The number of benzene rings is 1. The topological polar surface area (TPSA) is 101 Å². The Morgan fingerprint density at radius 1 is 1.06 bits per heavy atom. The minimum absolute atomic E-state index is 0.0127. The number of nitrogens with zero attached hydrogens (tertiary/aromatic N) is 4. The molecule has 192 valence electrons. The zero-order valence-corrected chi connectivity index (χ0v) is 21.9. The molecular formula is C25H30N4O6S. The maximum atomic E-state index is 13.3. The van der Waals surface area contributed by atoms with E-state index in [0.717, 1.165) is 5.70 Å². The Labute approximate surface area is 214 Å². The van der Waals surface area contributed by atoms with Gasteiger partial charge in [-0.2, -0.15) is 0 Å². The van der Waals surface area contributed by atoms with Gasteiger partial charge in [-0.3, -0.25) is 9.59 Å². The molecule has 3 aliphatic heterocycles. The van der Waals surface area contributed by atoms with Crippen molar-refractivity contribution >= 4 is 34.7 Å². The lowest BCUT2D eigenvalue weighted by Crippen LogP contribution is -2.50. The number of ether oxygens (including phenoxy) is 3. The largest absolute Gasteiger partial charge is 0.497 e. The molecule has 3 aliphatic rings. The molecule has 0 N–H and O–H groups in total. The fourth-order valence-corrected chi connectivity index (χ4v) is 5.59. The average Bonchev–Trinajstić information content (AvgIpc) is 3.28. The Balaban J connectivity index is 1.68. The third-order valence-corrected chi connectivity index (χ3v) is 7.44. The molecule has 10 nitrogen and oxygen atoms in total. The van der Waals surface area contributed by atoms with E-state index < -0.39 is 12.0 Å². The Bertz CT molecular complexity index is 1170. The second-order valence-electron chi connectivity index (χ2n) is 8.56. The fraction of sp³-hybridized carbons (Fsp3) is 0.440. The van der Waals surface area contributed by atoms with Crippen LogP contribution in [0.25, 0.3) is 0 Å². The molecule has 1 saturated heterocycles. The second kappa shape index (κ2) is 10.7. The van der Waals surface area contributed by atoms with Crippen LogP contribution in [0.15, 0.2) is 45.6 Å². The summed E-state index contributed by atoms with van der Waals surface area (Å²) >= 11 is 1.41. The summed E-state index contributed by atoms with van der Waals surface area (Å²) in [7, 11) is 4.47. The predicted octanol–water partition coefficient (Wildman–Crippen LogP) is 2.53. The molecule has 0 bridgehead atoms. The number of allylic oxidation sites excluding steroid dienone is 1. The van der Waals surface area contributed by atoms with Gasteiger partial charge in [-0.15, -0.1) is 0 Å². The van der Waals surface area contributed by atoms with Gasteiger partial charge in [-0.25, -0.2) is 9.79 Å². The van der Waals surface area contributed by atoms with Gasteiger partial charge in [0.1, 0.15) is 11.5 Å². The van der Waals surface area contributed by atoms with Gasteiger partial charge in [0.05, 0.1) is 45.1 Å². The summed E-state index contributed by atoms with van der Waals surface area (Å²) in [6, 6.07) is 4.77. The summed E-state index contributed by atoms with van der Waals surface area (Å²) in [4.78, 5) is 48.0. The first-order valence-corrected chi connectivity index (χ1v) is 12.4. The molecule has 1 fully saturated rings. The minimum Gasteiger partial charge on any atom is -0.497 e. The zero-order chi connectivity index (χ0) is 26.0. The van der Waals surface area contributed by atoms with Crippen molar-refractivity contribution in [1.82, 2.24) is 14.7 Å². The van der Waals surface area contributed by atoms with E-state index in [9.17, 15) is 14.4 Å². The fourth-order valence-electron chi connectivity index (χ4n) is 4.63. The molecule has 1 aromatic carbocycles. The number of piperazine rings is 1. The highest BCUT2D eigenvalue weighted by Crippen LogP contribution is 2.47. The quantitative estimate of drug-likeness (QED) is 0.534. The number of carbonyl (C=O) groups is 3. The highest BCUT2D eigenvalue weighted by molar-refractivity contribution is 8.16. The van der Waals surface area contributed by atoms with Gasteiger partial charge in [0.2, 0.25) is 11.8 Å². The first-order valence-electron chi connectivity index (χ1n) is 11.6. The minimum atomic E-state index is -0.626. The third-order valence-electron chi connectivity index (χ3n) is 6.55. The van der Waals surface area contributed by atoms with Crippen molar-refractivity contribution in [3.8, 4) is 11.5 Å². The van der Waals surface area contributed by atoms with Crippen LogP contribution in [0.4, 0.5) is 0 Å². The van der Waals surface area contributed by atoms with Crippen molar-refractivity contribution in [1.29, 1.82) is 0 Å². The van der Waals surface area contributed by atoms with E-state index in [1.54, 1.807) is 43.1 Å². The van der Waals surface area contributed by atoms with E-state index in [-0.39, 0.29) is 18.2 Å². The SMILES string of the molecule is COC(=O)C1=C(C)N=C2SC=C(CC(=O)N3CCN(C(C)=O)CC3)N2C1c1cc(OC)ccc1OC. The van der Waals surface area contributed by atoms with Gasteiger partial charge in [0, 0.05) is 44.4 Å². The van der Waals surface area contributed by atoms with Crippen LogP contribution in [-0.2, 0) is 19.1 Å². The molecule has 0 aliphatic carbocycles. The molecular weight excluding hydrogens is 484 g/mol. The van der Waals surface area contributed by atoms with Crippen molar-refractivity contribution in [3.63, 3.8) is 0 Å². The molecule has 1 atom stereocenters. The summed E-state index contributed by atoms with van der Waals surface area (Å²) in [5, 5.41) is 2.56. The van der Waals surface area contributed by atoms with Crippen molar-refractivity contribution in [3.05, 3.63) is 46.1 Å². The number of hydrogen-bond donors (Lipinski definition) is 0. The van der Waals surface area contributed by atoms with Crippen LogP contribution in [0.2, 0.25) is 0 Å². The van der Waals surface area contributed by atoms with E-state index in [2.05, 4.69) is 4.99 Å². The van der Waals surface area contributed by atoms with E-state index >= 15 is 0 Å². The molecule has 0 spiro atoms. The van der Waals surface area contributed by atoms with Crippen molar-refractivity contribution in [2.45, 2.75) is 26.3 Å². The molecule has 0 aromatic heterocycles. The van der Waals surface area contributed by atoms with Crippen LogP contribution in [-0.4, -0.2) is 85.2 Å². The first-order chi connectivity index (χ1) is 17.3. The summed E-state index contributed by atoms with van der Waals surface area (Å²) < 4.78 is 16.2. The summed E-state index contributed by atoms with van der Waals surface area (Å²) in [5.74, 6) is 0.633. The highest BCUT2D eigenvalue weighted by Gasteiger charge is 2.42. The predicted molar refractivity (Wildman–Crippen MR) is 135 cm³/mol. The standard InChI is InChI=1S/C25H30N4O6S/c1-15-22(24(32)35-5)23(19-13-18(33-3)6-7-20(19)34-4)29-17(14-36-25(29)26-15)12-21(31)28-10-8-27(9-11-28)16(2)30/h6-7,13-14,23H,8-12H2,1-5H3. The Morgan fingerprint density at radius 2 is 1.75 bits per heavy atom. The summed E-state index contributed by atoms with van der Waals surface area (Å²) in [6.07, 6.45) is 0.127. The highest BCUT2D eigenvalue weighted by atomic mass is 32.2. The molecule has 11 heteroatoms. The van der Waals surface area contributed by atoms with Gasteiger partial charge in [-0.1, -0.05) is 11.8 Å². The van der Waals surface area contributed by atoms with Crippen LogP contribution < -0.4 is 9.47 Å². The lowest BCUT2D eigenvalue weighted by atomic mass is 9.92. The molecule has 0 saturated carbocycles. The maximum absolute atomic E-state index is 13.3. The van der Waals surface area contributed by atoms with Gasteiger partial charge < -0.3 is 28.9 Å². The number of amidine groups is 1. The van der Waals surface area contributed by atoms with Crippen molar-refractivity contribution in [2.75, 3.05) is 47.5 Å². The van der Waals surface area contributed by atoms with Gasteiger partial charge >= 0.3 is 5.97 Å². The number of fused-ring (bicyclic) bond motifs is 1. The van der Waals surface area contributed by atoms with E-state index in [1.165, 1.54) is 25.8 Å². The smallest absolute Gasteiger partial charge is 0.338 e. The van der Waals surface area contributed by atoms with Crippen LogP contribution in [0, 0.1) is 0 Å². The third kappa shape index (κ3) is 4.79. The zero-order valence-electron chi connectivity index (χ0n) is 21.1. The maximum Gasteiger partial charge on any atom is 0.338 e. The average molecular weight is 515 g/mol. The first kappa shape index (κ1) is 25.6. The van der Waals surface area contributed by atoms with Crippen molar-refractivity contribution < 1.29 is 28.6 Å². The summed E-state index contributed by atoms with van der Waals surface area (Å²) in [5.41, 5.74) is 2.32. The van der Waals surface area contributed by atoms with E-state index in [0.29, 0.717) is 59.7 Å². The lowest BCUT2D eigenvalue weighted by Gasteiger charge is -2.38. The van der Waals surface area contributed by atoms with Gasteiger partial charge in [0.25, 0.3) is 0 Å². The Kier molecular flexibility index (Phi) is 7.58. The Hall–Kier alpha value is -3.47. The second-order valence-corrected chi connectivity index (χ2v) is 9.39. The number of hydrogen-bond acceptors (Lipinski definition) is 9. The normalized spacial score (nSPS) is 19.5. The molecule has 0 radical (unpaired) electrons. The van der Waals surface area contributed by atoms with Crippen LogP contribution in [0.5, 0.6) is 11.5 Å². The molecule has 1 aromatic rings. The number of methoxy groups -OCH3 is 3.